The van der Waals surface area contributed by atoms with Crippen LogP contribution in [0.5, 0.6) is 0 Å². The molecule has 1 aromatic heterocycles. The van der Waals surface area contributed by atoms with Gasteiger partial charge in [0.1, 0.15) is 6.54 Å². The van der Waals surface area contributed by atoms with Crippen molar-refractivity contribution in [3.05, 3.63) is 24.0 Å². The second-order valence-corrected chi connectivity index (χ2v) is 4.20. The van der Waals surface area contributed by atoms with Gasteiger partial charge in [-0.2, -0.15) is 0 Å². The van der Waals surface area contributed by atoms with E-state index in [0.29, 0.717) is 12.6 Å². The quantitative estimate of drug-likeness (QED) is 0.807. The summed E-state index contributed by atoms with van der Waals surface area (Å²) in [6.07, 6.45) is 4.11. The lowest BCUT2D eigenvalue weighted by atomic mass is 10.4. The number of amides is 1. The molecular weight excluding hydrogens is 204 g/mol. The Hall–Kier alpha value is -1.29. The van der Waals surface area contributed by atoms with Gasteiger partial charge in [0.15, 0.2) is 0 Å². The lowest BCUT2D eigenvalue weighted by Gasteiger charge is -2.21. The molecule has 4 nitrogen and oxygen atoms in total. The summed E-state index contributed by atoms with van der Waals surface area (Å²) in [4.78, 5) is 13.9. The van der Waals surface area contributed by atoms with E-state index in [0.717, 1.165) is 25.1 Å². The Kier molecular flexibility index (Phi) is 3.29. The Morgan fingerprint density at radius 3 is 2.94 bits per heavy atom. The number of likely N-dealkylation sites (N-methyl/N-ethyl adjacent to an activating group) is 1. The van der Waals surface area contributed by atoms with Gasteiger partial charge in [-0.05, 0) is 31.9 Å². The summed E-state index contributed by atoms with van der Waals surface area (Å²) in [5.74, 6) is 0.149. The topological polar surface area (TPSA) is 45.5 Å². The third-order valence-corrected chi connectivity index (χ3v) is 3.04. The Balaban J connectivity index is 2.00. The number of aromatic nitrogens is 1. The molecule has 0 unspecified atom stereocenters. The van der Waals surface area contributed by atoms with E-state index in [4.69, 9.17) is 5.11 Å². The number of nitrogens with zero attached hydrogens (tertiary/aromatic N) is 2. The number of aliphatic hydroxyl groups is 1. The van der Waals surface area contributed by atoms with Crippen LogP contribution in [0.15, 0.2) is 18.3 Å². The normalized spacial score (nSPS) is 15.1. The van der Waals surface area contributed by atoms with Crippen molar-refractivity contribution in [3.63, 3.8) is 0 Å². The van der Waals surface area contributed by atoms with Crippen molar-refractivity contribution in [1.29, 1.82) is 0 Å². The molecule has 0 aliphatic heterocycles. The third kappa shape index (κ3) is 2.27. The van der Waals surface area contributed by atoms with Crippen molar-refractivity contribution in [1.82, 2.24) is 9.47 Å². The number of carbonyl (C=O) groups excluding carboxylic acids is 1. The molecule has 1 aromatic rings. The molecule has 1 heterocycles. The van der Waals surface area contributed by atoms with Gasteiger partial charge < -0.3 is 14.6 Å². The highest BCUT2D eigenvalue weighted by molar-refractivity contribution is 5.76. The zero-order chi connectivity index (χ0) is 11.5. The number of aliphatic hydroxyl groups excluding tert-OH is 1. The highest BCUT2D eigenvalue weighted by Gasteiger charge is 2.31. The second kappa shape index (κ2) is 4.70. The maximum atomic E-state index is 12.0. The monoisotopic (exact) mass is 222 g/mol. The van der Waals surface area contributed by atoms with Crippen LogP contribution in [0.4, 0.5) is 0 Å². The maximum Gasteiger partial charge on any atom is 0.242 e. The number of carbonyl (C=O) groups is 1. The molecule has 1 aliphatic carbocycles. The van der Waals surface area contributed by atoms with Gasteiger partial charge in [0.2, 0.25) is 5.91 Å². The standard InChI is InChI=1S/C12H18N2O2/c1-2-14(10-5-6-10)12(16)8-13-7-3-4-11(13)9-15/h3-4,7,10,15H,2,5-6,8-9H2,1H3. The van der Waals surface area contributed by atoms with Crippen LogP contribution in [0.1, 0.15) is 25.5 Å². The number of hydrogen-bond donors (Lipinski definition) is 1. The molecule has 2 rings (SSSR count). The molecule has 88 valence electrons. The van der Waals surface area contributed by atoms with E-state index < -0.39 is 0 Å². The summed E-state index contributed by atoms with van der Waals surface area (Å²) in [5, 5.41) is 9.09. The fraction of sp³-hybridized carbons (Fsp3) is 0.583. The fourth-order valence-electron chi connectivity index (χ4n) is 2.01. The van der Waals surface area contributed by atoms with Crippen LogP contribution in [0.25, 0.3) is 0 Å². The van der Waals surface area contributed by atoms with E-state index in [2.05, 4.69) is 0 Å². The van der Waals surface area contributed by atoms with Gasteiger partial charge in [0, 0.05) is 24.5 Å². The largest absolute Gasteiger partial charge is 0.390 e. The summed E-state index contributed by atoms with van der Waals surface area (Å²) < 4.78 is 1.81. The van der Waals surface area contributed by atoms with Crippen molar-refractivity contribution in [2.24, 2.45) is 0 Å². The molecule has 1 amide bonds. The first kappa shape index (κ1) is 11.2. The third-order valence-electron chi connectivity index (χ3n) is 3.04. The van der Waals surface area contributed by atoms with Crippen molar-refractivity contribution >= 4 is 5.91 Å². The van der Waals surface area contributed by atoms with Crippen molar-refractivity contribution in [2.75, 3.05) is 6.54 Å². The van der Waals surface area contributed by atoms with Crippen molar-refractivity contribution < 1.29 is 9.90 Å². The summed E-state index contributed by atoms with van der Waals surface area (Å²) in [6, 6.07) is 4.15. The molecule has 1 saturated carbocycles. The smallest absolute Gasteiger partial charge is 0.242 e. The summed E-state index contributed by atoms with van der Waals surface area (Å²) >= 11 is 0. The van der Waals surface area contributed by atoms with Crippen LogP contribution >= 0.6 is 0 Å². The molecule has 0 saturated heterocycles. The minimum Gasteiger partial charge on any atom is -0.390 e. The summed E-state index contributed by atoms with van der Waals surface area (Å²) in [7, 11) is 0. The van der Waals surface area contributed by atoms with Crippen molar-refractivity contribution in [2.45, 2.75) is 39.0 Å². The lowest BCUT2D eigenvalue weighted by Crippen LogP contribution is -2.35. The Morgan fingerprint density at radius 2 is 2.38 bits per heavy atom. The van der Waals surface area contributed by atoms with Gasteiger partial charge in [-0.1, -0.05) is 0 Å². The summed E-state index contributed by atoms with van der Waals surface area (Å²) in [5.41, 5.74) is 0.792. The fourth-order valence-corrected chi connectivity index (χ4v) is 2.01. The maximum absolute atomic E-state index is 12.0. The molecule has 0 radical (unpaired) electrons. The van der Waals surface area contributed by atoms with E-state index in [1.54, 1.807) is 0 Å². The van der Waals surface area contributed by atoms with Gasteiger partial charge in [-0.3, -0.25) is 4.79 Å². The molecule has 4 heteroatoms. The highest BCUT2D eigenvalue weighted by atomic mass is 16.3. The molecule has 0 spiro atoms. The second-order valence-electron chi connectivity index (χ2n) is 4.20. The molecule has 1 N–H and O–H groups in total. The van der Waals surface area contributed by atoms with Gasteiger partial charge >= 0.3 is 0 Å². The highest BCUT2D eigenvalue weighted by Crippen LogP contribution is 2.26. The van der Waals surface area contributed by atoms with Gasteiger partial charge in [0.05, 0.1) is 6.61 Å². The lowest BCUT2D eigenvalue weighted by molar-refractivity contribution is -0.132. The molecule has 0 atom stereocenters. The molecular formula is C12H18N2O2. The number of rotatable bonds is 5. The zero-order valence-electron chi connectivity index (χ0n) is 9.59. The minimum absolute atomic E-state index is 0.0180. The van der Waals surface area contributed by atoms with E-state index >= 15 is 0 Å². The van der Waals surface area contributed by atoms with Gasteiger partial charge in [-0.15, -0.1) is 0 Å². The van der Waals surface area contributed by atoms with Crippen LogP contribution in [-0.2, 0) is 17.9 Å². The van der Waals surface area contributed by atoms with Crippen LogP contribution in [0.2, 0.25) is 0 Å². The van der Waals surface area contributed by atoms with Crippen LogP contribution in [-0.4, -0.2) is 33.1 Å². The SMILES string of the molecule is CCN(C(=O)Cn1cccc1CO)C1CC1. The van der Waals surface area contributed by atoms with Crippen LogP contribution < -0.4 is 0 Å². The number of hydrogen-bond acceptors (Lipinski definition) is 2. The molecule has 0 aromatic carbocycles. The Morgan fingerprint density at radius 1 is 1.62 bits per heavy atom. The average Bonchev–Trinajstić information content (AvgIpc) is 3.00. The van der Waals surface area contributed by atoms with Crippen LogP contribution in [0, 0.1) is 0 Å². The van der Waals surface area contributed by atoms with Crippen molar-refractivity contribution in [3.8, 4) is 0 Å². The Bertz CT molecular complexity index is 369. The molecule has 1 aliphatic rings. The van der Waals surface area contributed by atoms with Gasteiger partial charge in [-0.25, -0.2) is 0 Å². The average molecular weight is 222 g/mol. The first-order valence-electron chi connectivity index (χ1n) is 5.80. The predicted molar refractivity (Wildman–Crippen MR) is 60.8 cm³/mol. The minimum atomic E-state index is -0.0180. The van der Waals surface area contributed by atoms with Crippen LogP contribution in [0.3, 0.4) is 0 Å². The van der Waals surface area contributed by atoms with E-state index in [1.807, 2.05) is 34.7 Å². The first-order valence-corrected chi connectivity index (χ1v) is 5.80. The van der Waals surface area contributed by atoms with E-state index in [1.165, 1.54) is 0 Å². The summed E-state index contributed by atoms with van der Waals surface area (Å²) in [6.45, 7) is 3.11. The molecule has 1 fully saturated rings. The van der Waals surface area contributed by atoms with E-state index in [-0.39, 0.29) is 12.5 Å². The Labute approximate surface area is 95.5 Å². The predicted octanol–water partition coefficient (Wildman–Crippen LogP) is 0.991. The molecule has 0 bridgehead atoms. The zero-order valence-corrected chi connectivity index (χ0v) is 9.59. The first-order chi connectivity index (χ1) is 7.76. The molecule has 16 heavy (non-hydrogen) atoms. The van der Waals surface area contributed by atoms with E-state index in [9.17, 15) is 4.79 Å². The van der Waals surface area contributed by atoms with Gasteiger partial charge in [0.25, 0.3) is 0 Å².